The molecule has 0 bridgehead atoms. The lowest BCUT2D eigenvalue weighted by Crippen LogP contribution is -2.42. The Morgan fingerprint density at radius 1 is 1.32 bits per heavy atom. The molecule has 1 saturated carbocycles. The second-order valence-electron chi connectivity index (χ2n) is 6.03. The van der Waals surface area contributed by atoms with Gasteiger partial charge in [-0.3, -0.25) is 4.79 Å². The molecule has 0 aromatic heterocycles. The van der Waals surface area contributed by atoms with E-state index in [-0.39, 0.29) is 29.9 Å². The Bertz CT molecular complexity index is 556. The third kappa shape index (κ3) is 4.23. The number of aromatic hydroxyl groups is 1. The van der Waals surface area contributed by atoms with Crippen LogP contribution in [0.15, 0.2) is 18.2 Å². The Labute approximate surface area is 130 Å². The predicted octanol–water partition coefficient (Wildman–Crippen LogP) is 2.55. The van der Waals surface area contributed by atoms with Crippen LogP contribution in [0.5, 0.6) is 5.75 Å². The van der Waals surface area contributed by atoms with Crippen LogP contribution in [0.25, 0.3) is 0 Å². The average molecular weight is 305 g/mol. The van der Waals surface area contributed by atoms with Crippen LogP contribution in [-0.2, 0) is 9.53 Å². The SMILES string of the molecule is Cc1ccc(C(=O)OCC(=O)N[C@@H]2CCCC[C@@H]2C)c(O)c1. The van der Waals surface area contributed by atoms with Gasteiger partial charge in [0.1, 0.15) is 11.3 Å². The fourth-order valence-electron chi connectivity index (χ4n) is 2.80. The third-order valence-corrected chi connectivity index (χ3v) is 4.17. The summed E-state index contributed by atoms with van der Waals surface area (Å²) < 4.78 is 4.98. The number of esters is 1. The number of rotatable bonds is 4. The predicted molar refractivity (Wildman–Crippen MR) is 82.7 cm³/mol. The van der Waals surface area contributed by atoms with Crippen molar-refractivity contribution in [1.82, 2.24) is 5.32 Å². The molecule has 0 radical (unpaired) electrons. The Morgan fingerprint density at radius 2 is 2.05 bits per heavy atom. The van der Waals surface area contributed by atoms with Gasteiger partial charge in [0.25, 0.3) is 5.91 Å². The van der Waals surface area contributed by atoms with Gasteiger partial charge < -0.3 is 15.2 Å². The lowest BCUT2D eigenvalue weighted by Gasteiger charge is -2.29. The molecule has 2 N–H and O–H groups in total. The first-order valence-corrected chi connectivity index (χ1v) is 7.73. The molecule has 1 aliphatic carbocycles. The summed E-state index contributed by atoms with van der Waals surface area (Å²) in [6.07, 6.45) is 4.41. The van der Waals surface area contributed by atoms with Crippen LogP contribution >= 0.6 is 0 Å². The fraction of sp³-hybridized carbons (Fsp3) is 0.529. The lowest BCUT2D eigenvalue weighted by atomic mass is 9.86. The number of benzene rings is 1. The van der Waals surface area contributed by atoms with E-state index in [0.717, 1.165) is 24.8 Å². The van der Waals surface area contributed by atoms with E-state index in [0.29, 0.717) is 5.92 Å². The van der Waals surface area contributed by atoms with Crippen molar-refractivity contribution >= 4 is 11.9 Å². The molecule has 0 saturated heterocycles. The number of phenols is 1. The molecule has 5 nitrogen and oxygen atoms in total. The molecule has 0 aliphatic heterocycles. The molecule has 1 amide bonds. The van der Waals surface area contributed by atoms with Gasteiger partial charge in [-0.05, 0) is 43.4 Å². The normalized spacial score (nSPS) is 21.2. The van der Waals surface area contributed by atoms with Gasteiger partial charge >= 0.3 is 5.97 Å². The number of carbonyl (C=O) groups is 2. The first kappa shape index (κ1) is 16.3. The van der Waals surface area contributed by atoms with Gasteiger partial charge in [0.15, 0.2) is 6.61 Å². The quantitative estimate of drug-likeness (QED) is 0.838. The van der Waals surface area contributed by atoms with Crippen molar-refractivity contribution in [1.29, 1.82) is 0 Å². The molecule has 2 rings (SSSR count). The lowest BCUT2D eigenvalue weighted by molar-refractivity contribution is -0.125. The molecule has 1 aromatic carbocycles. The molecule has 1 aliphatic rings. The topological polar surface area (TPSA) is 75.6 Å². The maximum atomic E-state index is 11.9. The van der Waals surface area contributed by atoms with Gasteiger partial charge in [-0.25, -0.2) is 4.79 Å². The number of hydrogen-bond acceptors (Lipinski definition) is 4. The van der Waals surface area contributed by atoms with E-state index in [1.54, 1.807) is 6.07 Å². The van der Waals surface area contributed by atoms with Crippen LogP contribution < -0.4 is 5.32 Å². The van der Waals surface area contributed by atoms with E-state index >= 15 is 0 Å². The standard InChI is InChI=1S/C17H23NO4/c1-11-7-8-13(15(19)9-11)17(21)22-10-16(20)18-14-6-4-3-5-12(14)2/h7-9,12,14,19H,3-6,10H2,1-2H3,(H,18,20)/t12-,14+/m0/s1. The van der Waals surface area contributed by atoms with Crippen LogP contribution in [0.2, 0.25) is 0 Å². The Kier molecular flexibility index (Phi) is 5.41. The summed E-state index contributed by atoms with van der Waals surface area (Å²) in [5.74, 6) is -0.663. The molecule has 1 aromatic rings. The zero-order chi connectivity index (χ0) is 16.1. The van der Waals surface area contributed by atoms with Crippen LogP contribution in [0.4, 0.5) is 0 Å². The van der Waals surface area contributed by atoms with Gasteiger partial charge in [0.05, 0.1) is 0 Å². The summed E-state index contributed by atoms with van der Waals surface area (Å²) in [6, 6.07) is 4.85. The first-order chi connectivity index (χ1) is 10.5. The monoisotopic (exact) mass is 305 g/mol. The summed E-state index contributed by atoms with van der Waals surface area (Å²) in [5.41, 5.74) is 0.919. The maximum Gasteiger partial charge on any atom is 0.342 e. The molecular formula is C17H23NO4. The van der Waals surface area contributed by atoms with Crippen LogP contribution in [0, 0.1) is 12.8 Å². The highest BCUT2D eigenvalue weighted by molar-refractivity contribution is 5.93. The Hall–Kier alpha value is -2.04. The number of ether oxygens (including phenoxy) is 1. The largest absolute Gasteiger partial charge is 0.507 e. The van der Waals surface area contributed by atoms with E-state index in [4.69, 9.17) is 4.74 Å². The molecule has 0 spiro atoms. The van der Waals surface area contributed by atoms with Crippen molar-refractivity contribution < 1.29 is 19.4 Å². The minimum atomic E-state index is -0.690. The van der Waals surface area contributed by atoms with Gasteiger partial charge in [-0.15, -0.1) is 0 Å². The summed E-state index contributed by atoms with van der Waals surface area (Å²) >= 11 is 0. The second-order valence-corrected chi connectivity index (χ2v) is 6.03. The van der Waals surface area contributed by atoms with E-state index in [9.17, 15) is 14.7 Å². The van der Waals surface area contributed by atoms with Crippen molar-refractivity contribution in [2.75, 3.05) is 6.61 Å². The maximum absolute atomic E-state index is 11.9. The summed E-state index contributed by atoms with van der Waals surface area (Å²) in [6.45, 7) is 3.61. The van der Waals surface area contributed by atoms with Crippen LogP contribution in [0.1, 0.15) is 48.5 Å². The van der Waals surface area contributed by atoms with E-state index in [1.165, 1.54) is 18.6 Å². The summed E-state index contributed by atoms with van der Waals surface area (Å²) in [7, 11) is 0. The Balaban J connectivity index is 1.84. The van der Waals surface area contributed by atoms with Crippen molar-refractivity contribution in [2.24, 2.45) is 5.92 Å². The van der Waals surface area contributed by atoms with Crippen LogP contribution in [-0.4, -0.2) is 29.6 Å². The van der Waals surface area contributed by atoms with Crippen molar-refractivity contribution in [3.8, 4) is 5.75 Å². The number of aryl methyl sites for hydroxylation is 1. The molecule has 1 fully saturated rings. The molecule has 0 unspecified atom stereocenters. The summed E-state index contributed by atoms with van der Waals surface area (Å²) in [5, 5.41) is 12.6. The molecule has 5 heteroatoms. The van der Waals surface area contributed by atoms with Crippen LogP contribution in [0.3, 0.4) is 0 Å². The molecule has 120 valence electrons. The highest BCUT2D eigenvalue weighted by Crippen LogP contribution is 2.23. The van der Waals surface area contributed by atoms with Gasteiger partial charge in [0, 0.05) is 6.04 Å². The zero-order valence-corrected chi connectivity index (χ0v) is 13.1. The average Bonchev–Trinajstić information content (AvgIpc) is 2.47. The fourth-order valence-corrected chi connectivity index (χ4v) is 2.80. The number of hydrogen-bond donors (Lipinski definition) is 2. The number of nitrogens with one attached hydrogen (secondary N) is 1. The minimum absolute atomic E-state index is 0.0736. The highest BCUT2D eigenvalue weighted by atomic mass is 16.5. The van der Waals surface area contributed by atoms with Gasteiger partial charge in [-0.2, -0.15) is 0 Å². The van der Waals surface area contributed by atoms with Crippen molar-refractivity contribution in [3.05, 3.63) is 29.3 Å². The van der Waals surface area contributed by atoms with E-state index in [2.05, 4.69) is 12.2 Å². The number of phenolic OH excluding ortho intramolecular Hbond substituents is 1. The second kappa shape index (κ2) is 7.29. The first-order valence-electron chi connectivity index (χ1n) is 7.73. The molecule has 0 heterocycles. The van der Waals surface area contributed by atoms with E-state index < -0.39 is 5.97 Å². The molecule has 22 heavy (non-hydrogen) atoms. The van der Waals surface area contributed by atoms with Gasteiger partial charge in [-0.1, -0.05) is 25.8 Å². The molecule has 2 atom stereocenters. The molecular weight excluding hydrogens is 282 g/mol. The number of carbonyl (C=O) groups excluding carboxylic acids is 2. The summed E-state index contributed by atoms with van der Waals surface area (Å²) in [4.78, 5) is 23.8. The van der Waals surface area contributed by atoms with E-state index in [1.807, 2.05) is 6.92 Å². The van der Waals surface area contributed by atoms with Crippen molar-refractivity contribution in [3.63, 3.8) is 0 Å². The smallest absolute Gasteiger partial charge is 0.342 e. The number of amides is 1. The van der Waals surface area contributed by atoms with Crippen molar-refractivity contribution in [2.45, 2.75) is 45.6 Å². The minimum Gasteiger partial charge on any atom is -0.507 e. The highest BCUT2D eigenvalue weighted by Gasteiger charge is 2.23. The Morgan fingerprint density at radius 3 is 2.73 bits per heavy atom. The third-order valence-electron chi connectivity index (χ3n) is 4.17. The van der Waals surface area contributed by atoms with Gasteiger partial charge in [0.2, 0.25) is 0 Å². The zero-order valence-electron chi connectivity index (χ0n) is 13.1.